The average molecular weight is 268 g/mol. The van der Waals surface area contributed by atoms with Gasteiger partial charge in [0, 0.05) is 17.4 Å². The van der Waals surface area contributed by atoms with E-state index in [1.807, 2.05) is 18.2 Å². The van der Waals surface area contributed by atoms with Gasteiger partial charge in [0.15, 0.2) is 0 Å². The molecule has 0 spiro atoms. The summed E-state index contributed by atoms with van der Waals surface area (Å²) in [7, 11) is 0. The topological polar surface area (TPSA) is 37.4 Å². The smallest absolute Gasteiger partial charge is 0.260 e. The number of rotatable bonds is 2. The van der Waals surface area contributed by atoms with E-state index in [0.717, 1.165) is 5.56 Å². The molecule has 0 bridgehead atoms. The summed E-state index contributed by atoms with van der Waals surface area (Å²) in [6, 6.07) is 7.26. The lowest BCUT2D eigenvalue weighted by atomic mass is 9.99. The first-order valence-corrected chi connectivity index (χ1v) is 5.84. The monoisotopic (exact) mass is 267 g/mol. The highest BCUT2D eigenvalue weighted by atomic mass is 79.9. The number of carbonyl (C=O) groups excluding carboxylic acids is 2. The van der Waals surface area contributed by atoms with Gasteiger partial charge in [-0.15, -0.1) is 0 Å². The number of benzene rings is 1. The quantitative estimate of drug-likeness (QED) is 0.603. The van der Waals surface area contributed by atoms with Crippen molar-refractivity contribution in [3.8, 4) is 0 Å². The number of hydrogen-bond acceptors (Lipinski definition) is 2. The first-order valence-electron chi connectivity index (χ1n) is 4.72. The molecule has 15 heavy (non-hydrogen) atoms. The third kappa shape index (κ3) is 1.81. The fourth-order valence-corrected chi connectivity index (χ4v) is 2.07. The van der Waals surface area contributed by atoms with E-state index in [1.54, 1.807) is 6.07 Å². The minimum atomic E-state index is -0.179. The fraction of sp³-hybridized carbons (Fsp3) is 0.273. The average Bonchev–Trinajstić information content (AvgIpc) is 2.24. The predicted octanol–water partition coefficient (Wildman–Crippen LogP) is 1.61. The van der Waals surface area contributed by atoms with Crippen LogP contribution >= 0.6 is 15.9 Å². The lowest BCUT2D eigenvalue weighted by Crippen LogP contribution is -2.43. The molecular weight excluding hydrogens is 258 g/mol. The van der Waals surface area contributed by atoms with Crippen molar-refractivity contribution < 1.29 is 9.59 Å². The van der Waals surface area contributed by atoms with Crippen LogP contribution in [-0.4, -0.2) is 28.6 Å². The second kappa shape index (κ2) is 4.14. The number of amides is 2. The molecule has 2 amide bonds. The first kappa shape index (κ1) is 10.4. The minimum Gasteiger partial charge on any atom is -0.277 e. The van der Waals surface area contributed by atoms with Gasteiger partial charge in [-0.3, -0.25) is 14.5 Å². The van der Waals surface area contributed by atoms with Gasteiger partial charge in [-0.1, -0.05) is 34.1 Å². The molecule has 0 aliphatic carbocycles. The van der Waals surface area contributed by atoms with E-state index >= 15 is 0 Å². The van der Waals surface area contributed by atoms with Gasteiger partial charge in [-0.05, 0) is 11.6 Å². The molecule has 2 rings (SSSR count). The maximum atomic E-state index is 11.9. The van der Waals surface area contributed by atoms with Crippen LogP contribution in [0.1, 0.15) is 15.9 Å². The number of alkyl halides is 1. The van der Waals surface area contributed by atoms with Crippen LogP contribution in [0.4, 0.5) is 0 Å². The second-order valence-corrected chi connectivity index (χ2v) is 4.17. The summed E-state index contributed by atoms with van der Waals surface area (Å²) in [4.78, 5) is 24.8. The Balaban J connectivity index is 2.38. The van der Waals surface area contributed by atoms with Crippen LogP contribution in [0.15, 0.2) is 24.3 Å². The van der Waals surface area contributed by atoms with Crippen molar-refractivity contribution in [2.45, 2.75) is 6.42 Å². The van der Waals surface area contributed by atoms with E-state index < -0.39 is 0 Å². The van der Waals surface area contributed by atoms with E-state index in [0.29, 0.717) is 23.9 Å². The van der Waals surface area contributed by atoms with Crippen molar-refractivity contribution in [2.24, 2.45) is 0 Å². The molecule has 1 aliphatic rings. The summed E-state index contributed by atoms with van der Waals surface area (Å²) in [5.41, 5.74) is 1.48. The molecule has 1 heterocycles. The van der Waals surface area contributed by atoms with E-state index in [-0.39, 0.29) is 11.8 Å². The molecule has 78 valence electrons. The SMILES string of the molecule is O=C1Cc2ccccc2C(=O)N1CCBr. The van der Waals surface area contributed by atoms with Crippen molar-refractivity contribution in [1.82, 2.24) is 4.90 Å². The van der Waals surface area contributed by atoms with Gasteiger partial charge in [0.25, 0.3) is 5.91 Å². The molecule has 0 saturated carbocycles. The van der Waals surface area contributed by atoms with Gasteiger partial charge in [0.05, 0.1) is 6.42 Å². The Labute approximate surface area is 96.2 Å². The van der Waals surface area contributed by atoms with Crippen LogP contribution in [0.2, 0.25) is 0 Å². The Morgan fingerprint density at radius 1 is 1.27 bits per heavy atom. The number of fused-ring (bicyclic) bond motifs is 1. The summed E-state index contributed by atoms with van der Waals surface area (Å²) in [6.07, 6.45) is 0.328. The molecule has 1 aromatic carbocycles. The number of imide groups is 1. The number of hydrogen-bond donors (Lipinski definition) is 0. The number of halogens is 1. The van der Waals surface area contributed by atoms with Crippen molar-refractivity contribution in [1.29, 1.82) is 0 Å². The highest BCUT2D eigenvalue weighted by Crippen LogP contribution is 2.19. The van der Waals surface area contributed by atoms with Crippen LogP contribution in [0.3, 0.4) is 0 Å². The Bertz CT molecular complexity index is 417. The summed E-state index contributed by atoms with van der Waals surface area (Å²) in [5.74, 6) is -0.292. The Morgan fingerprint density at radius 2 is 2.00 bits per heavy atom. The van der Waals surface area contributed by atoms with E-state index in [1.165, 1.54) is 4.90 Å². The van der Waals surface area contributed by atoms with E-state index in [9.17, 15) is 9.59 Å². The largest absolute Gasteiger partial charge is 0.277 e. The third-order valence-corrected chi connectivity index (χ3v) is 2.80. The molecule has 0 radical (unpaired) electrons. The second-order valence-electron chi connectivity index (χ2n) is 3.37. The molecule has 0 saturated heterocycles. The number of nitrogens with zero attached hydrogens (tertiary/aromatic N) is 1. The third-order valence-electron chi connectivity index (χ3n) is 2.44. The first-order chi connectivity index (χ1) is 7.24. The molecular formula is C11H10BrNO2. The lowest BCUT2D eigenvalue weighted by molar-refractivity contribution is -0.128. The van der Waals surface area contributed by atoms with Crippen molar-refractivity contribution in [3.05, 3.63) is 35.4 Å². The molecule has 0 unspecified atom stereocenters. The standard InChI is InChI=1S/C11H10BrNO2/c12-5-6-13-10(14)7-8-3-1-2-4-9(8)11(13)15/h1-4H,5-7H2. The van der Waals surface area contributed by atoms with E-state index in [4.69, 9.17) is 0 Å². The Kier molecular flexibility index (Phi) is 2.86. The van der Waals surface area contributed by atoms with Crippen molar-refractivity contribution in [2.75, 3.05) is 11.9 Å². The molecule has 1 aromatic rings. The minimum absolute atomic E-state index is 0.113. The zero-order valence-corrected chi connectivity index (χ0v) is 9.66. The lowest BCUT2D eigenvalue weighted by Gasteiger charge is -2.25. The maximum absolute atomic E-state index is 11.9. The van der Waals surface area contributed by atoms with Crippen LogP contribution in [0.25, 0.3) is 0 Å². The summed E-state index contributed by atoms with van der Waals surface area (Å²) in [5, 5.41) is 0.618. The van der Waals surface area contributed by atoms with Gasteiger partial charge in [-0.2, -0.15) is 0 Å². The predicted molar refractivity (Wildman–Crippen MR) is 60.0 cm³/mol. The van der Waals surface area contributed by atoms with Crippen molar-refractivity contribution >= 4 is 27.7 Å². The molecule has 0 fully saturated rings. The van der Waals surface area contributed by atoms with Gasteiger partial charge in [0.2, 0.25) is 5.91 Å². The van der Waals surface area contributed by atoms with Gasteiger partial charge in [-0.25, -0.2) is 0 Å². The van der Waals surface area contributed by atoms with Crippen LogP contribution in [0.5, 0.6) is 0 Å². The van der Waals surface area contributed by atoms with Crippen LogP contribution in [-0.2, 0) is 11.2 Å². The summed E-state index contributed by atoms with van der Waals surface area (Å²) in [6.45, 7) is 0.437. The highest BCUT2D eigenvalue weighted by Gasteiger charge is 2.29. The molecule has 3 nitrogen and oxygen atoms in total. The maximum Gasteiger partial charge on any atom is 0.260 e. The normalized spacial score (nSPS) is 15.4. The summed E-state index contributed by atoms with van der Waals surface area (Å²) < 4.78 is 0. The molecule has 4 heteroatoms. The van der Waals surface area contributed by atoms with Crippen molar-refractivity contribution in [3.63, 3.8) is 0 Å². The van der Waals surface area contributed by atoms with Gasteiger partial charge < -0.3 is 0 Å². The fourth-order valence-electron chi connectivity index (χ4n) is 1.71. The Hall–Kier alpha value is -1.16. The molecule has 0 aromatic heterocycles. The zero-order valence-electron chi connectivity index (χ0n) is 8.07. The van der Waals surface area contributed by atoms with Crippen LogP contribution < -0.4 is 0 Å². The molecule has 0 N–H and O–H groups in total. The van der Waals surface area contributed by atoms with Gasteiger partial charge in [0.1, 0.15) is 0 Å². The van der Waals surface area contributed by atoms with Gasteiger partial charge >= 0.3 is 0 Å². The van der Waals surface area contributed by atoms with E-state index in [2.05, 4.69) is 15.9 Å². The summed E-state index contributed by atoms with van der Waals surface area (Å²) >= 11 is 3.23. The molecule has 0 atom stereocenters. The highest BCUT2D eigenvalue weighted by molar-refractivity contribution is 9.09. The zero-order chi connectivity index (χ0) is 10.8. The van der Waals surface area contributed by atoms with Crippen LogP contribution in [0, 0.1) is 0 Å². The molecule has 1 aliphatic heterocycles. The number of carbonyl (C=O) groups is 2. The Morgan fingerprint density at radius 3 is 2.73 bits per heavy atom.